The molecule has 0 aliphatic carbocycles. The maximum Gasteiger partial charge on any atom is 0.150 e. The van der Waals surface area contributed by atoms with Crippen LogP contribution in [-0.4, -0.2) is 30.4 Å². The van der Waals surface area contributed by atoms with Gasteiger partial charge in [-0.2, -0.15) is 0 Å². The lowest BCUT2D eigenvalue weighted by Gasteiger charge is -2.43. The van der Waals surface area contributed by atoms with Crippen molar-refractivity contribution in [1.82, 2.24) is 4.90 Å². The van der Waals surface area contributed by atoms with E-state index in [-0.39, 0.29) is 12.0 Å². The van der Waals surface area contributed by atoms with Gasteiger partial charge < -0.3 is 4.74 Å². The Kier molecular flexibility index (Phi) is 4.99. The first-order chi connectivity index (χ1) is 11.5. The molecule has 2 aliphatic heterocycles. The molecule has 0 N–H and O–H groups in total. The van der Waals surface area contributed by atoms with Gasteiger partial charge in [-0.3, -0.25) is 9.69 Å². The molecular formula is C19H26N2O3. The average Bonchev–Trinajstić information content (AvgIpc) is 2.55. The molecule has 1 saturated heterocycles. The topological polar surface area (TPSA) is 59.0 Å². The zero-order chi connectivity index (χ0) is 17.3. The molecule has 0 saturated carbocycles. The normalized spacial score (nSPS) is 23.8. The van der Waals surface area contributed by atoms with E-state index in [1.54, 1.807) is 0 Å². The molecule has 5 nitrogen and oxygen atoms in total. The van der Waals surface area contributed by atoms with Crippen LogP contribution in [0.2, 0.25) is 0 Å². The van der Waals surface area contributed by atoms with Gasteiger partial charge in [0.05, 0.1) is 6.61 Å². The van der Waals surface area contributed by atoms with Gasteiger partial charge in [-0.15, -0.1) is 4.91 Å². The second-order valence-corrected chi connectivity index (χ2v) is 7.30. The van der Waals surface area contributed by atoms with E-state index in [0.29, 0.717) is 36.2 Å². The molecular weight excluding hydrogens is 304 g/mol. The van der Waals surface area contributed by atoms with Gasteiger partial charge in [-0.1, -0.05) is 13.8 Å². The highest BCUT2D eigenvalue weighted by Crippen LogP contribution is 2.42. The number of ketones is 1. The van der Waals surface area contributed by atoms with Crippen molar-refractivity contribution in [1.29, 1.82) is 0 Å². The zero-order valence-electron chi connectivity index (χ0n) is 14.7. The molecule has 1 fully saturated rings. The van der Waals surface area contributed by atoms with Gasteiger partial charge in [-0.25, -0.2) is 0 Å². The molecule has 130 valence electrons. The van der Waals surface area contributed by atoms with Crippen LogP contribution >= 0.6 is 0 Å². The van der Waals surface area contributed by atoms with Crippen molar-refractivity contribution < 1.29 is 9.53 Å². The van der Waals surface area contributed by atoms with Crippen LogP contribution in [-0.2, 0) is 11.2 Å². The Morgan fingerprint density at radius 1 is 1.38 bits per heavy atom. The molecule has 5 heteroatoms. The second-order valence-electron chi connectivity index (χ2n) is 7.30. The molecule has 2 atom stereocenters. The van der Waals surface area contributed by atoms with Gasteiger partial charge in [0, 0.05) is 31.5 Å². The van der Waals surface area contributed by atoms with E-state index in [4.69, 9.17) is 4.74 Å². The van der Waals surface area contributed by atoms with E-state index in [0.717, 1.165) is 31.5 Å². The Labute approximate surface area is 143 Å². The fraction of sp³-hybridized carbons (Fsp3) is 0.632. The highest BCUT2D eigenvalue weighted by molar-refractivity contribution is 5.83. The summed E-state index contributed by atoms with van der Waals surface area (Å²) in [6.07, 6.45) is 2.42. The minimum absolute atomic E-state index is 0.0841. The van der Waals surface area contributed by atoms with Gasteiger partial charge in [0.15, 0.2) is 0 Å². The molecule has 24 heavy (non-hydrogen) atoms. The predicted octanol–water partition coefficient (Wildman–Crippen LogP) is 4.02. The Morgan fingerprint density at radius 3 is 2.83 bits per heavy atom. The van der Waals surface area contributed by atoms with Crippen molar-refractivity contribution in [2.24, 2.45) is 17.0 Å². The smallest absolute Gasteiger partial charge is 0.150 e. The van der Waals surface area contributed by atoms with Gasteiger partial charge in [-0.05, 0) is 54.1 Å². The lowest BCUT2D eigenvalue weighted by Crippen LogP contribution is -2.46. The summed E-state index contributed by atoms with van der Waals surface area (Å²) in [6, 6.07) is 3.86. The Balaban J connectivity index is 1.89. The SMILES string of the molecule is CCOc1cc2c(cc1N=O)C1CC(=O)C(CC(C)C)CN1CC2. The van der Waals surface area contributed by atoms with Crippen LogP contribution < -0.4 is 4.74 Å². The van der Waals surface area contributed by atoms with E-state index in [2.05, 4.69) is 23.9 Å². The first-order valence-electron chi connectivity index (χ1n) is 8.93. The fourth-order valence-electron chi connectivity index (χ4n) is 4.09. The fourth-order valence-corrected chi connectivity index (χ4v) is 4.09. The number of piperidine rings is 1. The van der Waals surface area contributed by atoms with Gasteiger partial charge in [0.2, 0.25) is 0 Å². The number of nitroso groups, excluding NO2 is 1. The Hall–Kier alpha value is -1.75. The van der Waals surface area contributed by atoms with Crippen LogP contribution in [0.1, 0.15) is 50.8 Å². The van der Waals surface area contributed by atoms with Gasteiger partial charge in [0.1, 0.15) is 17.2 Å². The van der Waals surface area contributed by atoms with E-state index in [1.807, 2.05) is 19.1 Å². The maximum atomic E-state index is 12.6. The number of fused-ring (bicyclic) bond motifs is 3. The van der Waals surface area contributed by atoms with Crippen molar-refractivity contribution in [3.8, 4) is 5.75 Å². The third-order valence-electron chi connectivity index (χ3n) is 5.15. The van der Waals surface area contributed by atoms with Crippen LogP contribution in [0.4, 0.5) is 5.69 Å². The summed E-state index contributed by atoms with van der Waals surface area (Å²) in [4.78, 5) is 26.2. The van der Waals surface area contributed by atoms with E-state index in [1.165, 1.54) is 5.56 Å². The number of hydrogen-bond acceptors (Lipinski definition) is 5. The number of rotatable bonds is 5. The largest absolute Gasteiger partial charge is 0.491 e. The van der Waals surface area contributed by atoms with Crippen molar-refractivity contribution in [3.63, 3.8) is 0 Å². The molecule has 3 rings (SSSR count). The summed E-state index contributed by atoms with van der Waals surface area (Å²) < 4.78 is 5.54. The van der Waals surface area contributed by atoms with Crippen molar-refractivity contribution >= 4 is 11.5 Å². The number of nitrogens with zero attached hydrogens (tertiary/aromatic N) is 2. The van der Waals surface area contributed by atoms with Crippen LogP contribution in [0.5, 0.6) is 5.75 Å². The summed E-state index contributed by atoms with van der Waals surface area (Å²) in [5.74, 6) is 1.59. The summed E-state index contributed by atoms with van der Waals surface area (Å²) in [5.41, 5.74) is 2.60. The highest BCUT2D eigenvalue weighted by atomic mass is 16.5. The Bertz CT molecular complexity index is 642. The molecule has 2 unspecified atom stereocenters. The second kappa shape index (κ2) is 7.01. The molecule has 2 heterocycles. The molecule has 0 amide bonds. The zero-order valence-corrected chi connectivity index (χ0v) is 14.7. The van der Waals surface area contributed by atoms with Gasteiger partial charge in [0.25, 0.3) is 0 Å². The van der Waals surface area contributed by atoms with Crippen LogP contribution in [0, 0.1) is 16.7 Å². The van der Waals surface area contributed by atoms with Crippen molar-refractivity contribution in [2.45, 2.75) is 46.1 Å². The van der Waals surface area contributed by atoms with E-state index < -0.39 is 0 Å². The predicted molar refractivity (Wildman–Crippen MR) is 93.7 cm³/mol. The lowest BCUT2D eigenvalue weighted by atomic mass is 9.80. The summed E-state index contributed by atoms with van der Waals surface area (Å²) in [6.45, 7) is 8.53. The minimum atomic E-state index is 0.0841. The number of hydrogen-bond donors (Lipinski definition) is 0. The number of carbonyl (C=O) groups is 1. The first kappa shape index (κ1) is 17.1. The number of Topliss-reactive ketones (excluding diaryl/α,β-unsaturated/α-hetero) is 1. The van der Waals surface area contributed by atoms with E-state index in [9.17, 15) is 9.70 Å². The van der Waals surface area contributed by atoms with Gasteiger partial charge >= 0.3 is 0 Å². The molecule has 0 bridgehead atoms. The third-order valence-corrected chi connectivity index (χ3v) is 5.15. The third kappa shape index (κ3) is 3.22. The summed E-state index contributed by atoms with van der Waals surface area (Å²) >= 11 is 0. The average molecular weight is 330 g/mol. The Morgan fingerprint density at radius 2 is 2.17 bits per heavy atom. The van der Waals surface area contributed by atoms with Crippen LogP contribution in [0.25, 0.3) is 0 Å². The molecule has 0 spiro atoms. The maximum absolute atomic E-state index is 12.6. The van der Waals surface area contributed by atoms with Crippen molar-refractivity contribution in [3.05, 3.63) is 28.2 Å². The minimum Gasteiger partial charge on any atom is -0.491 e. The molecule has 2 aliphatic rings. The summed E-state index contributed by atoms with van der Waals surface area (Å²) in [5, 5.41) is 3.13. The molecule has 0 aromatic heterocycles. The number of ether oxygens (including phenoxy) is 1. The van der Waals surface area contributed by atoms with Crippen molar-refractivity contribution in [2.75, 3.05) is 19.7 Å². The molecule has 1 aromatic carbocycles. The molecule has 0 radical (unpaired) electrons. The monoisotopic (exact) mass is 330 g/mol. The van der Waals surface area contributed by atoms with Crippen LogP contribution in [0.3, 0.4) is 0 Å². The number of benzene rings is 1. The van der Waals surface area contributed by atoms with Crippen LogP contribution in [0.15, 0.2) is 17.3 Å². The number of carbonyl (C=O) groups excluding carboxylic acids is 1. The summed E-state index contributed by atoms with van der Waals surface area (Å²) in [7, 11) is 0. The quantitative estimate of drug-likeness (QED) is 0.765. The molecule has 1 aromatic rings. The highest BCUT2D eigenvalue weighted by Gasteiger charge is 2.38. The first-order valence-corrected chi connectivity index (χ1v) is 8.93. The lowest BCUT2D eigenvalue weighted by molar-refractivity contribution is -0.129. The standard InChI is InChI=1S/C19H26N2O3/c1-4-24-19-8-13-5-6-21-11-14(7-12(2)3)18(22)10-17(21)15(13)9-16(19)20-23/h8-9,12,14,17H,4-7,10-11H2,1-3H3. The van der Waals surface area contributed by atoms with E-state index >= 15 is 0 Å².